The number of nitrogens with zero attached hydrogens (tertiary/aromatic N) is 1. The lowest BCUT2D eigenvalue weighted by Crippen LogP contribution is -2.30. The topological polar surface area (TPSA) is 90.7 Å². The molecule has 1 amide bonds. The molecule has 0 aliphatic rings. The number of ether oxygens (including phenoxy) is 2. The highest BCUT2D eigenvalue weighted by atomic mass is 32.2. The van der Waals surface area contributed by atoms with Crippen LogP contribution in [0.3, 0.4) is 0 Å². The summed E-state index contributed by atoms with van der Waals surface area (Å²) in [6.07, 6.45) is 0.732. The van der Waals surface area contributed by atoms with Gasteiger partial charge in [0.05, 0.1) is 25.7 Å². The molecule has 0 saturated heterocycles. The molecule has 31 heavy (non-hydrogen) atoms. The zero-order valence-electron chi connectivity index (χ0n) is 17.8. The maximum absolute atomic E-state index is 12.5. The van der Waals surface area contributed by atoms with Gasteiger partial charge in [0, 0.05) is 22.9 Å². The third-order valence-corrected chi connectivity index (χ3v) is 5.87. The molecule has 0 bridgehead atoms. The first-order valence-corrected chi connectivity index (χ1v) is 11.3. The number of oxazole rings is 1. The molecule has 0 spiro atoms. The lowest BCUT2D eigenvalue weighted by molar-refractivity contribution is -0.118. The van der Waals surface area contributed by atoms with Gasteiger partial charge in [0.1, 0.15) is 11.5 Å². The Hall–Kier alpha value is -3.13. The van der Waals surface area contributed by atoms with Gasteiger partial charge in [-0.05, 0) is 37.1 Å². The molecule has 1 atom stereocenters. The van der Waals surface area contributed by atoms with Gasteiger partial charge in [-0.2, -0.15) is 0 Å². The van der Waals surface area contributed by atoms with E-state index in [0.29, 0.717) is 35.4 Å². The van der Waals surface area contributed by atoms with Gasteiger partial charge in [-0.3, -0.25) is 9.00 Å². The van der Waals surface area contributed by atoms with E-state index in [1.54, 1.807) is 33.3 Å². The summed E-state index contributed by atoms with van der Waals surface area (Å²) in [5, 5.41) is 2.82. The molecule has 1 N–H and O–H groups in total. The Balaban J connectivity index is 1.56. The Morgan fingerprint density at radius 2 is 1.84 bits per heavy atom. The summed E-state index contributed by atoms with van der Waals surface area (Å²) >= 11 is 0. The van der Waals surface area contributed by atoms with Crippen LogP contribution in [0.5, 0.6) is 11.5 Å². The molecule has 0 unspecified atom stereocenters. The van der Waals surface area contributed by atoms with E-state index in [0.717, 1.165) is 17.5 Å². The zero-order chi connectivity index (χ0) is 22.2. The van der Waals surface area contributed by atoms with Gasteiger partial charge < -0.3 is 19.2 Å². The Labute approximate surface area is 184 Å². The monoisotopic (exact) mass is 442 g/mol. The summed E-state index contributed by atoms with van der Waals surface area (Å²) in [5.74, 6) is 1.97. The van der Waals surface area contributed by atoms with Gasteiger partial charge in [0.25, 0.3) is 0 Å². The van der Waals surface area contributed by atoms with E-state index >= 15 is 0 Å². The Kier molecular flexibility index (Phi) is 7.83. The van der Waals surface area contributed by atoms with Crippen molar-refractivity contribution in [2.75, 3.05) is 26.5 Å². The van der Waals surface area contributed by atoms with Crippen molar-refractivity contribution in [1.29, 1.82) is 0 Å². The molecule has 2 aromatic carbocycles. The highest BCUT2D eigenvalue weighted by Crippen LogP contribution is 2.32. The molecule has 0 radical (unpaired) electrons. The highest BCUT2D eigenvalue weighted by Gasteiger charge is 2.17. The molecule has 0 aliphatic heterocycles. The van der Waals surface area contributed by atoms with Crippen LogP contribution in [0.15, 0.2) is 52.9 Å². The van der Waals surface area contributed by atoms with E-state index in [1.807, 2.05) is 36.4 Å². The number of aryl methyl sites for hydroxylation is 1. The first-order chi connectivity index (χ1) is 15.0. The van der Waals surface area contributed by atoms with Crippen LogP contribution in [0.1, 0.15) is 17.0 Å². The van der Waals surface area contributed by atoms with E-state index in [2.05, 4.69) is 10.3 Å². The molecule has 8 heteroatoms. The SMILES string of the molecule is COc1ccc(-c2nc(C[S@@](=O)CC(=O)NCCc3ccccc3)c(C)o2)cc1OC. The number of benzene rings is 2. The number of carbonyl (C=O) groups is 1. The Morgan fingerprint density at radius 1 is 1.10 bits per heavy atom. The van der Waals surface area contributed by atoms with Crippen LogP contribution in [-0.4, -0.2) is 41.6 Å². The molecule has 0 saturated carbocycles. The van der Waals surface area contributed by atoms with Gasteiger partial charge in [-0.25, -0.2) is 4.98 Å². The maximum Gasteiger partial charge on any atom is 0.232 e. The van der Waals surface area contributed by atoms with Gasteiger partial charge in [-0.15, -0.1) is 0 Å². The number of amides is 1. The fourth-order valence-electron chi connectivity index (χ4n) is 3.05. The largest absolute Gasteiger partial charge is 0.493 e. The third-order valence-electron chi connectivity index (χ3n) is 4.69. The molecule has 1 aromatic heterocycles. The van der Waals surface area contributed by atoms with E-state index in [1.165, 1.54) is 0 Å². The molecule has 1 heterocycles. The maximum atomic E-state index is 12.5. The van der Waals surface area contributed by atoms with Crippen LogP contribution in [0.25, 0.3) is 11.5 Å². The van der Waals surface area contributed by atoms with Gasteiger partial charge in [0.15, 0.2) is 11.5 Å². The van der Waals surface area contributed by atoms with Crippen LogP contribution in [0, 0.1) is 6.92 Å². The number of hydrogen-bond acceptors (Lipinski definition) is 6. The third kappa shape index (κ3) is 6.18. The zero-order valence-corrected chi connectivity index (χ0v) is 18.7. The standard InChI is InChI=1S/C23H26N2O5S/c1-16-19(25-23(30-16)18-9-10-20(28-2)21(13-18)29-3)14-31(27)15-22(26)24-12-11-17-7-5-4-6-8-17/h4-10,13H,11-12,14-15H2,1-3H3,(H,24,26)/t31-/m1/s1. The number of methoxy groups -OCH3 is 2. The van der Waals surface area contributed by atoms with Crippen LogP contribution < -0.4 is 14.8 Å². The normalized spacial score (nSPS) is 11.7. The summed E-state index contributed by atoms with van der Waals surface area (Å²) in [4.78, 5) is 16.6. The fourth-order valence-corrected chi connectivity index (χ4v) is 4.12. The molecule has 7 nitrogen and oxygen atoms in total. The van der Waals surface area contributed by atoms with Crippen molar-refractivity contribution in [3.63, 3.8) is 0 Å². The van der Waals surface area contributed by atoms with Crippen LogP contribution in [0.4, 0.5) is 0 Å². The molecular formula is C23H26N2O5S. The van der Waals surface area contributed by atoms with Crippen molar-refractivity contribution in [3.8, 4) is 23.0 Å². The number of nitrogens with one attached hydrogen (secondary N) is 1. The Bertz CT molecular complexity index is 1050. The van der Waals surface area contributed by atoms with E-state index < -0.39 is 10.8 Å². The minimum atomic E-state index is -1.39. The number of rotatable bonds is 10. The molecule has 0 fully saturated rings. The van der Waals surface area contributed by atoms with Crippen molar-refractivity contribution in [2.24, 2.45) is 0 Å². The predicted octanol–water partition coefficient (Wildman–Crippen LogP) is 3.27. The van der Waals surface area contributed by atoms with Gasteiger partial charge >= 0.3 is 0 Å². The molecule has 3 rings (SSSR count). The minimum Gasteiger partial charge on any atom is -0.493 e. The van der Waals surface area contributed by atoms with Crippen molar-refractivity contribution in [2.45, 2.75) is 19.1 Å². The quantitative estimate of drug-likeness (QED) is 0.518. The average Bonchev–Trinajstić information content (AvgIpc) is 3.13. The number of hydrogen-bond donors (Lipinski definition) is 1. The van der Waals surface area contributed by atoms with Crippen LogP contribution >= 0.6 is 0 Å². The second-order valence-electron chi connectivity index (χ2n) is 6.91. The van der Waals surface area contributed by atoms with E-state index in [4.69, 9.17) is 13.9 Å². The predicted molar refractivity (Wildman–Crippen MR) is 120 cm³/mol. The van der Waals surface area contributed by atoms with E-state index in [9.17, 15) is 9.00 Å². The summed E-state index contributed by atoms with van der Waals surface area (Å²) in [5.41, 5.74) is 2.43. The summed E-state index contributed by atoms with van der Waals surface area (Å²) in [6.45, 7) is 2.27. The van der Waals surface area contributed by atoms with Crippen LogP contribution in [0.2, 0.25) is 0 Å². The van der Waals surface area contributed by atoms with Crippen molar-refractivity contribution in [3.05, 3.63) is 65.5 Å². The summed E-state index contributed by atoms with van der Waals surface area (Å²) in [6, 6.07) is 15.2. The molecule has 3 aromatic rings. The van der Waals surface area contributed by atoms with Crippen molar-refractivity contribution >= 4 is 16.7 Å². The minimum absolute atomic E-state index is 0.0766. The Morgan fingerprint density at radius 3 is 2.55 bits per heavy atom. The van der Waals surface area contributed by atoms with Crippen molar-refractivity contribution < 1.29 is 22.9 Å². The second kappa shape index (κ2) is 10.8. The second-order valence-corrected chi connectivity index (χ2v) is 8.36. The van der Waals surface area contributed by atoms with Gasteiger partial charge in [-0.1, -0.05) is 30.3 Å². The smallest absolute Gasteiger partial charge is 0.232 e. The number of carbonyl (C=O) groups excluding carboxylic acids is 1. The van der Waals surface area contributed by atoms with Crippen LogP contribution in [-0.2, 0) is 27.8 Å². The summed E-state index contributed by atoms with van der Waals surface area (Å²) in [7, 11) is 1.73. The fraction of sp³-hybridized carbons (Fsp3) is 0.304. The molecular weight excluding hydrogens is 416 g/mol. The first kappa shape index (κ1) is 22.6. The molecule has 164 valence electrons. The summed E-state index contributed by atoms with van der Waals surface area (Å²) < 4.78 is 28.8. The number of aromatic nitrogens is 1. The van der Waals surface area contributed by atoms with E-state index in [-0.39, 0.29) is 17.4 Å². The van der Waals surface area contributed by atoms with Gasteiger partial charge in [0.2, 0.25) is 11.8 Å². The molecule has 0 aliphatic carbocycles. The lowest BCUT2D eigenvalue weighted by atomic mass is 10.1. The lowest BCUT2D eigenvalue weighted by Gasteiger charge is -2.07. The first-order valence-electron chi connectivity index (χ1n) is 9.84. The van der Waals surface area contributed by atoms with Crippen molar-refractivity contribution in [1.82, 2.24) is 10.3 Å². The average molecular weight is 443 g/mol. The highest BCUT2D eigenvalue weighted by molar-refractivity contribution is 7.84.